The van der Waals surface area contributed by atoms with Crippen molar-refractivity contribution in [2.75, 3.05) is 20.6 Å². The summed E-state index contributed by atoms with van der Waals surface area (Å²) >= 11 is 0. The topological polar surface area (TPSA) is 37.3 Å². The van der Waals surface area contributed by atoms with E-state index in [1.165, 1.54) is 10.9 Å². The zero-order valence-corrected chi connectivity index (χ0v) is 15.1. The van der Waals surface area contributed by atoms with Gasteiger partial charge in [-0.3, -0.25) is 4.79 Å². The molecule has 4 nitrogen and oxygen atoms in total. The van der Waals surface area contributed by atoms with Crippen LogP contribution in [0.3, 0.4) is 0 Å². The second-order valence-electron chi connectivity index (χ2n) is 6.62. The maximum absolute atomic E-state index is 12.5. The van der Waals surface area contributed by atoms with E-state index in [1.54, 1.807) is 0 Å². The minimum absolute atomic E-state index is 0.0345. The van der Waals surface area contributed by atoms with Crippen LogP contribution in [-0.4, -0.2) is 36.0 Å². The van der Waals surface area contributed by atoms with Crippen LogP contribution < -0.4 is 5.32 Å². The number of amides is 1. The molecule has 0 spiro atoms. The Morgan fingerprint density at radius 1 is 1.08 bits per heavy atom. The van der Waals surface area contributed by atoms with Crippen LogP contribution in [0.2, 0.25) is 0 Å². The summed E-state index contributed by atoms with van der Waals surface area (Å²) in [5.74, 6) is 0.0345. The fraction of sp³-hybridized carbons (Fsp3) is 0.286. The molecule has 1 atom stereocenters. The largest absolute Gasteiger partial charge is 0.353 e. The molecule has 1 aromatic heterocycles. The van der Waals surface area contributed by atoms with Crippen LogP contribution in [0, 0.1) is 6.92 Å². The van der Waals surface area contributed by atoms with Gasteiger partial charge in [0.1, 0.15) is 6.54 Å². The zero-order valence-electron chi connectivity index (χ0n) is 15.1. The first-order valence-corrected chi connectivity index (χ1v) is 8.59. The maximum atomic E-state index is 12.5. The summed E-state index contributed by atoms with van der Waals surface area (Å²) in [5.41, 5.74) is 3.40. The second-order valence-corrected chi connectivity index (χ2v) is 6.62. The molecule has 1 heterocycles. The van der Waals surface area contributed by atoms with E-state index < -0.39 is 0 Å². The number of aryl methyl sites for hydroxylation is 1. The summed E-state index contributed by atoms with van der Waals surface area (Å²) in [6.07, 6.45) is 0. The van der Waals surface area contributed by atoms with Gasteiger partial charge < -0.3 is 14.8 Å². The number of aromatic nitrogens is 1. The van der Waals surface area contributed by atoms with Gasteiger partial charge in [-0.25, -0.2) is 0 Å². The number of hydrogen-bond acceptors (Lipinski definition) is 2. The van der Waals surface area contributed by atoms with E-state index in [9.17, 15) is 4.79 Å². The number of para-hydroxylation sites is 1. The number of likely N-dealkylation sites (N-methyl/N-ethyl adjacent to an activating group) is 1. The Hall–Kier alpha value is -2.59. The fourth-order valence-electron chi connectivity index (χ4n) is 3.24. The number of fused-ring (bicyclic) bond motifs is 1. The predicted molar refractivity (Wildman–Crippen MR) is 103 cm³/mol. The summed E-state index contributed by atoms with van der Waals surface area (Å²) < 4.78 is 2.07. The molecule has 0 saturated heterocycles. The number of nitrogens with one attached hydrogen (secondary N) is 1. The standard InChI is InChI=1S/C21H25N3O/c1-16-13-18-11-7-8-12-19(18)24(16)15-21(25)22-14-20(23(2)3)17-9-5-4-6-10-17/h4-13,20H,14-15H2,1-3H3,(H,22,25). The Kier molecular flexibility index (Phi) is 5.19. The van der Waals surface area contributed by atoms with Gasteiger partial charge in [-0.1, -0.05) is 48.5 Å². The van der Waals surface area contributed by atoms with Crippen molar-refractivity contribution in [1.82, 2.24) is 14.8 Å². The molecule has 1 unspecified atom stereocenters. The van der Waals surface area contributed by atoms with Gasteiger partial charge in [-0.05, 0) is 44.1 Å². The molecule has 25 heavy (non-hydrogen) atoms. The molecule has 0 aliphatic rings. The monoisotopic (exact) mass is 335 g/mol. The number of rotatable bonds is 6. The van der Waals surface area contributed by atoms with Crippen LogP contribution in [0.4, 0.5) is 0 Å². The molecule has 4 heteroatoms. The minimum Gasteiger partial charge on any atom is -0.353 e. The quantitative estimate of drug-likeness (QED) is 0.750. The molecule has 0 saturated carbocycles. The normalized spacial score (nSPS) is 12.5. The lowest BCUT2D eigenvalue weighted by atomic mass is 10.1. The molecule has 3 rings (SSSR count). The number of benzene rings is 2. The molecule has 0 aliphatic carbocycles. The number of carbonyl (C=O) groups is 1. The Bertz CT molecular complexity index is 852. The van der Waals surface area contributed by atoms with Gasteiger partial charge in [0.05, 0.1) is 6.04 Å². The zero-order chi connectivity index (χ0) is 17.8. The van der Waals surface area contributed by atoms with Crippen molar-refractivity contribution < 1.29 is 4.79 Å². The first-order valence-electron chi connectivity index (χ1n) is 8.59. The average molecular weight is 335 g/mol. The van der Waals surface area contributed by atoms with E-state index in [2.05, 4.69) is 45.1 Å². The van der Waals surface area contributed by atoms with Crippen LogP contribution in [0.25, 0.3) is 10.9 Å². The molecule has 0 fully saturated rings. The highest BCUT2D eigenvalue weighted by Crippen LogP contribution is 2.19. The highest BCUT2D eigenvalue weighted by molar-refractivity contribution is 5.84. The van der Waals surface area contributed by atoms with Crippen molar-refractivity contribution in [2.24, 2.45) is 0 Å². The molecule has 0 aliphatic heterocycles. The Balaban J connectivity index is 1.68. The van der Waals surface area contributed by atoms with Gasteiger partial charge in [0, 0.05) is 17.8 Å². The lowest BCUT2D eigenvalue weighted by molar-refractivity contribution is -0.121. The maximum Gasteiger partial charge on any atom is 0.240 e. The third-order valence-corrected chi connectivity index (χ3v) is 4.62. The number of nitrogens with zero attached hydrogens (tertiary/aromatic N) is 2. The minimum atomic E-state index is 0.0345. The molecular formula is C21H25N3O. The van der Waals surface area contributed by atoms with Gasteiger partial charge in [0.15, 0.2) is 0 Å². The lowest BCUT2D eigenvalue weighted by Crippen LogP contribution is -2.36. The first kappa shape index (κ1) is 17.2. The highest BCUT2D eigenvalue weighted by atomic mass is 16.1. The smallest absolute Gasteiger partial charge is 0.240 e. The summed E-state index contributed by atoms with van der Waals surface area (Å²) in [5, 5.41) is 4.26. The van der Waals surface area contributed by atoms with E-state index in [4.69, 9.17) is 0 Å². The Labute approximate surface area is 149 Å². The summed E-state index contributed by atoms with van der Waals surface area (Å²) in [6, 6.07) is 20.7. The molecule has 1 amide bonds. The van der Waals surface area contributed by atoms with Crippen molar-refractivity contribution in [3.8, 4) is 0 Å². The van der Waals surface area contributed by atoms with E-state index in [0.717, 1.165) is 11.2 Å². The SMILES string of the molecule is Cc1cc2ccccc2n1CC(=O)NCC(c1ccccc1)N(C)C. The van der Waals surface area contributed by atoms with Crippen LogP contribution >= 0.6 is 0 Å². The van der Waals surface area contributed by atoms with E-state index in [0.29, 0.717) is 13.1 Å². The summed E-state index contributed by atoms with van der Waals surface area (Å²) in [7, 11) is 4.07. The van der Waals surface area contributed by atoms with Gasteiger partial charge >= 0.3 is 0 Å². The van der Waals surface area contributed by atoms with Crippen LogP contribution in [0.5, 0.6) is 0 Å². The van der Waals surface area contributed by atoms with Crippen LogP contribution in [-0.2, 0) is 11.3 Å². The van der Waals surface area contributed by atoms with Gasteiger partial charge in [-0.15, -0.1) is 0 Å². The van der Waals surface area contributed by atoms with Gasteiger partial charge in [-0.2, -0.15) is 0 Å². The fourth-order valence-corrected chi connectivity index (χ4v) is 3.24. The molecule has 0 bridgehead atoms. The van der Waals surface area contributed by atoms with Crippen molar-refractivity contribution >= 4 is 16.8 Å². The lowest BCUT2D eigenvalue weighted by Gasteiger charge is -2.25. The van der Waals surface area contributed by atoms with Gasteiger partial charge in [0.2, 0.25) is 5.91 Å². The van der Waals surface area contributed by atoms with Crippen molar-refractivity contribution in [3.05, 3.63) is 71.9 Å². The molecule has 3 aromatic rings. The Morgan fingerprint density at radius 3 is 2.48 bits per heavy atom. The van der Waals surface area contributed by atoms with Crippen molar-refractivity contribution in [3.63, 3.8) is 0 Å². The van der Waals surface area contributed by atoms with Crippen LogP contribution in [0.1, 0.15) is 17.3 Å². The van der Waals surface area contributed by atoms with E-state index in [-0.39, 0.29) is 11.9 Å². The van der Waals surface area contributed by atoms with Gasteiger partial charge in [0.25, 0.3) is 0 Å². The first-order chi connectivity index (χ1) is 12.1. The summed E-state index contributed by atoms with van der Waals surface area (Å²) in [6.45, 7) is 2.97. The summed E-state index contributed by atoms with van der Waals surface area (Å²) in [4.78, 5) is 14.6. The van der Waals surface area contributed by atoms with Crippen molar-refractivity contribution in [2.45, 2.75) is 19.5 Å². The molecular weight excluding hydrogens is 310 g/mol. The molecule has 2 aromatic carbocycles. The van der Waals surface area contributed by atoms with E-state index >= 15 is 0 Å². The molecule has 130 valence electrons. The molecule has 1 N–H and O–H groups in total. The van der Waals surface area contributed by atoms with Crippen molar-refractivity contribution in [1.29, 1.82) is 0 Å². The third-order valence-electron chi connectivity index (χ3n) is 4.62. The van der Waals surface area contributed by atoms with E-state index in [1.807, 2.05) is 51.4 Å². The number of hydrogen-bond donors (Lipinski definition) is 1. The Morgan fingerprint density at radius 2 is 1.76 bits per heavy atom. The predicted octanol–water partition coefficient (Wildman–Crippen LogP) is 3.37. The number of carbonyl (C=O) groups excluding carboxylic acids is 1. The highest BCUT2D eigenvalue weighted by Gasteiger charge is 2.16. The average Bonchev–Trinajstić information content (AvgIpc) is 2.91. The molecule has 0 radical (unpaired) electrons. The van der Waals surface area contributed by atoms with Crippen LogP contribution in [0.15, 0.2) is 60.7 Å². The third kappa shape index (κ3) is 3.91. The second kappa shape index (κ2) is 7.53.